The van der Waals surface area contributed by atoms with Gasteiger partial charge in [-0.25, -0.2) is 0 Å². The van der Waals surface area contributed by atoms with Crippen molar-refractivity contribution in [2.24, 2.45) is 5.73 Å². The number of alkyl halides is 3. The standard InChI is InChI=1S/C5H9F3N2O2/c6-5(7,8)2-10-1-3(9)4(11)12/h3,10H,1-2,9H2,(H,11,12). The summed E-state index contributed by atoms with van der Waals surface area (Å²) >= 11 is 0. The van der Waals surface area contributed by atoms with Crippen LogP contribution in [0.25, 0.3) is 0 Å². The lowest BCUT2D eigenvalue weighted by atomic mass is 10.3. The molecule has 1 atom stereocenters. The van der Waals surface area contributed by atoms with E-state index in [1.807, 2.05) is 5.32 Å². The topological polar surface area (TPSA) is 75.3 Å². The van der Waals surface area contributed by atoms with E-state index < -0.39 is 31.3 Å². The van der Waals surface area contributed by atoms with E-state index in [4.69, 9.17) is 10.8 Å². The van der Waals surface area contributed by atoms with Gasteiger partial charge < -0.3 is 16.2 Å². The second kappa shape index (κ2) is 4.27. The maximum atomic E-state index is 11.5. The fraction of sp³-hybridized carbons (Fsp3) is 0.800. The minimum Gasteiger partial charge on any atom is -0.480 e. The molecule has 0 aliphatic heterocycles. The number of rotatable bonds is 4. The molecule has 0 heterocycles. The third kappa shape index (κ3) is 5.93. The van der Waals surface area contributed by atoms with E-state index in [0.29, 0.717) is 0 Å². The lowest BCUT2D eigenvalue weighted by Crippen LogP contribution is -2.43. The number of carboxylic acid groups (broad SMARTS) is 1. The first-order valence-electron chi connectivity index (χ1n) is 3.09. The molecular weight excluding hydrogens is 177 g/mol. The van der Waals surface area contributed by atoms with Crippen LogP contribution in [0.5, 0.6) is 0 Å². The molecular formula is C5H9F3N2O2. The number of carboxylic acids is 1. The second-order valence-corrected chi connectivity index (χ2v) is 2.19. The van der Waals surface area contributed by atoms with Crippen LogP contribution in [0, 0.1) is 0 Å². The largest absolute Gasteiger partial charge is 0.480 e. The van der Waals surface area contributed by atoms with Crippen molar-refractivity contribution in [3.8, 4) is 0 Å². The zero-order valence-corrected chi connectivity index (χ0v) is 6.06. The molecule has 0 radical (unpaired) electrons. The average molecular weight is 186 g/mol. The number of carbonyl (C=O) groups is 1. The minimum absolute atomic E-state index is 0.394. The van der Waals surface area contributed by atoms with E-state index in [9.17, 15) is 18.0 Å². The Hall–Kier alpha value is -0.820. The molecule has 0 aromatic heterocycles. The van der Waals surface area contributed by atoms with E-state index in [0.717, 1.165) is 0 Å². The Labute approximate surface area is 66.5 Å². The molecule has 1 unspecified atom stereocenters. The number of hydrogen-bond acceptors (Lipinski definition) is 3. The number of nitrogens with two attached hydrogens (primary N) is 1. The van der Waals surface area contributed by atoms with Crippen molar-refractivity contribution in [1.82, 2.24) is 5.32 Å². The predicted octanol–water partition coefficient (Wildman–Crippen LogP) is -0.450. The van der Waals surface area contributed by atoms with Crippen molar-refractivity contribution < 1.29 is 23.1 Å². The first kappa shape index (κ1) is 11.2. The zero-order valence-electron chi connectivity index (χ0n) is 6.06. The molecule has 0 aliphatic carbocycles. The minimum atomic E-state index is -4.34. The quantitative estimate of drug-likeness (QED) is 0.555. The molecule has 4 N–H and O–H groups in total. The second-order valence-electron chi connectivity index (χ2n) is 2.19. The van der Waals surface area contributed by atoms with Gasteiger partial charge in [0.25, 0.3) is 0 Å². The van der Waals surface area contributed by atoms with Crippen LogP contribution >= 0.6 is 0 Å². The molecule has 0 saturated carbocycles. The van der Waals surface area contributed by atoms with Crippen molar-refractivity contribution >= 4 is 5.97 Å². The van der Waals surface area contributed by atoms with E-state index in [1.54, 1.807) is 0 Å². The summed E-state index contributed by atoms with van der Waals surface area (Å²) < 4.78 is 34.4. The average Bonchev–Trinajstić information content (AvgIpc) is 1.84. The Kier molecular flexibility index (Phi) is 3.98. The van der Waals surface area contributed by atoms with Crippen molar-refractivity contribution in [1.29, 1.82) is 0 Å². The number of hydrogen-bond donors (Lipinski definition) is 3. The van der Waals surface area contributed by atoms with Gasteiger partial charge in [0.05, 0.1) is 6.54 Å². The Morgan fingerprint density at radius 2 is 2.08 bits per heavy atom. The summed E-state index contributed by atoms with van der Waals surface area (Å²) in [6.45, 7) is -1.62. The summed E-state index contributed by atoms with van der Waals surface area (Å²) in [6, 6.07) is -1.30. The van der Waals surface area contributed by atoms with Crippen molar-refractivity contribution in [2.75, 3.05) is 13.1 Å². The van der Waals surface area contributed by atoms with Crippen LogP contribution in [-0.4, -0.2) is 36.4 Å². The zero-order chi connectivity index (χ0) is 9.78. The highest BCUT2D eigenvalue weighted by Crippen LogP contribution is 2.11. The van der Waals surface area contributed by atoms with Crippen LogP contribution in [0.2, 0.25) is 0 Å². The van der Waals surface area contributed by atoms with E-state index >= 15 is 0 Å². The van der Waals surface area contributed by atoms with E-state index in [2.05, 4.69) is 0 Å². The lowest BCUT2D eigenvalue weighted by molar-refractivity contribution is -0.139. The van der Waals surface area contributed by atoms with Crippen molar-refractivity contribution in [3.63, 3.8) is 0 Å². The predicted molar refractivity (Wildman–Crippen MR) is 34.5 cm³/mol. The van der Waals surface area contributed by atoms with Crippen LogP contribution < -0.4 is 11.1 Å². The molecule has 0 rings (SSSR count). The van der Waals surface area contributed by atoms with Crippen LogP contribution in [0.1, 0.15) is 0 Å². The van der Waals surface area contributed by atoms with Crippen molar-refractivity contribution in [3.05, 3.63) is 0 Å². The van der Waals surface area contributed by atoms with E-state index in [1.165, 1.54) is 0 Å². The number of nitrogens with one attached hydrogen (secondary N) is 1. The van der Waals surface area contributed by atoms with Crippen LogP contribution in [0.4, 0.5) is 13.2 Å². The molecule has 0 fully saturated rings. The van der Waals surface area contributed by atoms with Crippen LogP contribution in [0.3, 0.4) is 0 Å². The van der Waals surface area contributed by atoms with Gasteiger partial charge in [-0.05, 0) is 0 Å². The molecule has 0 bridgehead atoms. The summed E-state index contributed by atoms with van der Waals surface area (Å²) in [5.74, 6) is -1.33. The Morgan fingerprint density at radius 1 is 1.58 bits per heavy atom. The first-order chi connectivity index (χ1) is 5.33. The van der Waals surface area contributed by atoms with Gasteiger partial charge in [-0.2, -0.15) is 13.2 Å². The van der Waals surface area contributed by atoms with Crippen LogP contribution in [0.15, 0.2) is 0 Å². The van der Waals surface area contributed by atoms with Crippen LogP contribution in [-0.2, 0) is 4.79 Å². The normalized spacial score (nSPS) is 14.3. The Balaban J connectivity index is 3.51. The van der Waals surface area contributed by atoms with Gasteiger partial charge in [0, 0.05) is 6.54 Å². The molecule has 0 amide bonds. The highest BCUT2D eigenvalue weighted by atomic mass is 19.4. The molecule has 0 aliphatic rings. The fourth-order valence-electron chi connectivity index (χ4n) is 0.457. The molecule has 72 valence electrons. The number of aliphatic carboxylic acids is 1. The van der Waals surface area contributed by atoms with Gasteiger partial charge in [-0.1, -0.05) is 0 Å². The third-order valence-corrected chi connectivity index (χ3v) is 1.01. The summed E-state index contributed by atoms with van der Waals surface area (Å²) in [4.78, 5) is 10.0. The molecule has 0 spiro atoms. The smallest absolute Gasteiger partial charge is 0.401 e. The van der Waals surface area contributed by atoms with Crippen molar-refractivity contribution in [2.45, 2.75) is 12.2 Å². The van der Waals surface area contributed by atoms with Gasteiger partial charge in [0.2, 0.25) is 0 Å². The first-order valence-corrected chi connectivity index (χ1v) is 3.09. The summed E-state index contributed by atoms with van der Waals surface area (Å²) in [7, 11) is 0. The molecule has 12 heavy (non-hydrogen) atoms. The SMILES string of the molecule is NC(CNCC(F)(F)F)C(=O)O. The van der Waals surface area contributed by atoms with Gasteiger partial charge in [-0.3, -0.25) is 4.79 Å². The highest BCUT2D eigenvalue weighted by Gasteiger charge is 2.26. The maximum Gasteiger partial charge on any atom is 0.401 e. The Bertz CT molecular complexity index is 159. The Morgan fingerprint density at radius 3 is 2.42 bits per heavy atom. The molecule has 0 aromatic rings. The molecule has 7 heteroatoms. The monoisotopic (exact) mass is 186 g/mol. The summed E-state index contributed by atoms with van der Waals surface area (Å²) in [5, 5.41) is 10.0. The molecule has 0 aromatic carbocycles. The molecule has 4 nitrogen and oxygen atoms in total. The fourth-order valence-corrected chi connectivity index (χ4v) is 0.457. The summed E-state index contributed by atoms with van der Waals surface area (Å²) in [6.07, 6.45) is -4.34. The van der Waals surface area contributed by atoms with Gasteiger partial charge in [0.15, 0.2) is 0 Å². The third-order valence-electron chi connectivity index (χ3n) is 1.01. The highest BCUT2D eigenvalue weighted by molar-refractivity contribution is 5.73. The van der Waals surface area contributed by atoms with Gasteiger partial charge >= 0.3 is 12.1 Å². The van der Waals surface area contributed by atoms with E-state index in [-0.39, 0.29) is 0 Å². The number of halogens is 3. The van der Waals surface area contributed by atoms with Gasteiger partial charge in [0.1, 0.15) is 6.04 Å². The molecule has 0 saturated heterocycles. The maximum absolute atomic E-state index is 11.5. The van der Waals surface area contributed by atoms with Gasteiger partial charge in [-0.15, -0.1) is 0 Å². The lowest BCUT2D eigenvalue weighted by Gasteiger charge is -2.09. The summed E-state index contributed by atoms with van der Waals surface area (Å²) in [5.41, 5.74) is 4.92.